The zero-order valence-corrected chi connectivity index (χ0v) is 18.1. The van der Waals surface area contributed by atoms with Gasteiger partial charge in [-0.25, -0.2) is 0 Å². The summed E-state index contributed by atoms with van der Waals surface area (Å²) in [6, 6.07) is 13.3. The standard InChI is InChI=1S/C25H30N2O3/c1-4-27(17-18-8-10-20(11-9-18)25(30)26(2)3)24(29)15-14-23(28)22-13-12-19-6-5-7-21(19)16-22/h8-13,16H,4-7,14-15,17H2,1-3H3. The number of benzene rings is 2. The topological polar surface area (TPSA) is 57.7 Å². The molecule has 0 aliphatic heterocycles. The summed E-state index contributed by atoms with van der Waals surface area (Å²) in [5, 5.41) is 0. The van der Waals surface area contributed by atoms with Crippen LogP contribution in [0.1, 0.15) is 63.6 Å². The smallest absolute Gasteiger partial charge is 0.253 e. The minimum Gasteiger partial charge on any atom is -0.345 e. The van der Waals surface area contributed by atoms with Gasteiger partial charge in [0, 0.05) is 51.2 Å². The molecule has 0 atom stereocenters. The van der Waals surface area contributed by atoms with Gasteiger partial charge in [0.15, 0.2) is 5.78 Å². The Hall–Kier alpha value is -2.95. The molecule has 1 aliphatic rings. The van der Waals surface area contributed by atoms with Gasteiger partial charge in [0.25, 0.3) is 5.91 Å². The molecule has 0 saturated carbocycles. The van der Waals surface area contributed by atoms with Crippen molar-refractivity contribution in [3.63, 3.8) is 0 Å². The minimum absolute atomic E-state index is 0.0274. The Morgan fingerprint density at radius 2 is 1.53 bits per heavy atom. The summed E-state index contributed by atoms with van der Waals surface area (Å²) in [5.41, 5.74) is 4.92. The molecule has 5 heteroatoms. The molecule has 0 N–H and O–H groups in total. The van der Waals surface area contributed by atoms with Crippen LogP contribution in [0.15, 0.2) is 42.5 Å². The fourth-order valence-corrected chi connectivity index (χ4v) is 3.88. The first-order valence-electron chi connectivity index (χ1n) is 10.6. The number of hydrogen-bond donors (Lipinski definition) is 0. The van der Waals surface area contributed by atoms with Gasteiger partial charge in [-0.1, -0.05) is 24.3 Å². The van der Waals surface area contributed by atoms with Crippen molar-refractivity contribution in [2.45, 2.75) is 45.6 Å². The highest BCUT2D eigenvalue weighted by Crippen LogP contribution is 2.23. The molecular formula is C25H30N2O3. The number of aryl methyl sites for hydroxylation is 2. The van der Waals surface area contributed by atoms with Crippen LogP contribution >= 0.6 is 0 Å². The normalized spacial score (nSPS) is 12.4. The van der Waals surface area contributed by atoms with Crippen LogP contribution in [-0.2, 0) is 24.2 Å². The summed E-state index contributed by atoms with van der Waals surface area (Å²) in [5.74, 6) is -0.0452. The molecule has 3 rings (SSSR count). The van der Waals surface area contributed by atoms with Crippen LogP contribution in [0.25, 0.3) is 0 Å². The molecule has 0 saturated heterocycles. The number of rotatable bonds is 8. The third-order valence-electron chi connectivity index (χ3n) is 5.70. The molecule has 158 valence electrons. The lowest BCUT2D eigenvalue weighted by molar-refractivity contribution is -0.131. The Labute approximate surface area is 178 Å². The van der Waals surface area contributed by atoms with E-state index in [0.717, 1.165) is 24.8 Å². The third-order valence-corrected chi connectivity index (χ3v) is 5.70. The second kappa shape index (κ2) is 9.70. The number of carbonyl (C=O) groups is 3. The van der Waals surface area contributed by atoms with Crippen LogP contribution in [0.2, 0.25) is 0 Å². The van der Waals surface area contributed by atoms with Crippen LogP contribution in [-0.4, -0.2) is 48.0 Å². The average Bonchev–Trinajstić information content (AvgIpc) is 3.23. The van der Waals surface area contributed by atoms with E-state index in [1.165, 1.54) is 16.0 Å². The highest BCUT2D eigenvalue weighted by Gasteiger charge is 2.17. The molecule has 1 aliphatic carbocycles. The van der Waals surface area contributed by atoms with E-state index in [1.54, 1.807) is 31.1 Å². The minimum atomic E-state index is -0.0463. The zero-order valence-electron chi connectivity index (χ0n) is 18.1. The van der Waals surface area contributed by atoms with Crippen molar-refractivity contribution in [2.24, 2.45) is 0 Å². The van der Waals surface area contributed by atoms with Crippen molar-refractivity contribution in [1.82, 2.24) is 9.80 Å². The average molecular weight is 407 g/mol. The maximum Gasteiger partial charge on any atom is 0.253 e. The molecule has 0 spiro atoms. The molecule has 2 amide bonds. The van der Waals surface area contributed by atoms with E-state index in [-0.39, 0.29) is 30.4 Å². The summed E-state index contributed by atoms with van der Waals surface area (Å²) in [6.45, 7) is 2.98. The molecule has 2 aromatic rings. The second-order valence-corrected chi connectivity index (χ2v) is 8.06. The quantitative estimate of drug-likeness (QED) is 0.625. The van der Waals surface area contributed by atoms with Gasteiger partial charge in [-0.2, -0.15) is 0 Å². The van der Waals surface area contributed by atoms with Crippen LogP contribution < -0.4 is 0 Å². The van der Waals surface area contributed by atoms with Gasteiger partial charge in [-0.05, 0) is 61.1 Å². The predicted molar refractivity (Wildman–Crippen MR) is 118 cm³/mol. The van der Waals surface area contributed by atoms with Gasteiger partial charge in [-0.15, -0.1) is 0 Å². The SMILES string of the molecule is CCN(Cc1ccc(C(=O)N(C)C)cc1)C(=O)CCC(=O)c1ccc2c(c1)CCC2. The van der Waals surface area contributed by atoms with Gasteiger partial charge in [-0.3, -0.25) is 14.4 Å². The molecule has 30 heavy (non-hydrogen) atoms. The molecule has 0 heterocycles. The lowest BCUT2D eigenvalue weighted by Crippen LogP contribution is -2.30. The van der Waals surface area contributed by atoms with E-state index in [4.69, 9.17) is 0 Å². The molecule has 0 unspecified atom stereocenters. The third kappa shape index (κ3) is 5.15. The van der Waals surface area contributed by atoms with Crippen molar-refractivity contribution >= 4 is 17.6 Å². The van der Waals surface area contributed by atoms with Gasteiger partial charge in [0.2, 0.25) is 5.91 Å². The monoisotopic (exact) mass is 406 g/mol. The molecule has 0 aromatic heterocycles. The van der Waals surface area contributed by atoms with Gasteiger partial charge in [0.1, 0.15) is 0 Å². The highest BCUT2D eigenvalue weighted by molar-refractivity contribution is 5.98. The summed E-state index contributed by atoms with van der Waals surface area (Å²) < 4.78 is 0. The number of hydrogen-bond acceptors (Lipinski definition) is 3. The fraction of sp³-hybridized carbons (Fsp3) is 0.400. The number of amides is 2. The van der Waals surface area contributed by atoms with E-state index < -0.39 is 0 Å². The largest absolute Gasteiger partial charge is 0.345 e. The lowest BCUT2D eigenvalue weighted by Gasteiger charge is -2.21. The second-order valence-electron chi connectivity index (χ2n) is 8.06. The molecule has 0 fully saturated rings. The van der Waals surface area contributed by atoms with Crippen LogP contribution in [0, 0.1) is 0 Å². The highest BCUT2D eigenvalue weighted by atomic mass is 16.2. The molecule has 0 bridgehead atoms. The Bertz CT molecular complexity index is 932. The molecular weight excluding hydrogens is 376 g/mol. The summed E-state index contributed by atoms with van der Waals surface area (Å²) >= 11 is 0. The van der Waals surface area contributed by atoms with Gasteiger partial charge in [0.05, 0.1) is 0 Å². The van der Waals surface area contributed by atoms with Crippen LogP contribution in [0.4, 0.5) is 0 Å². The van der Waals surface area contributed by atoms with Crippen molar-refractivity contribution < 1.29 is 14.4 Å². The van der Waals surface area contributed by atoms with E-state index in [9.17, 15) is 14.4 Å². The van der Waals surface area contributed by atoms with E-state index in [1.807, 2.05) is 31.2 Å². The number of nitrogens with zero attached hydrogens (tertiary/aromatic N) is 2. The van der Waals surface area contributed by atoms with Crippen molar-refractivity contribution in [2.75, 3.05) is 20.6 Å². The Kier molecular flexibility index (Phi) is 7.03. The number of carbonyl (C=O) groups excluding carboxylic acids is 3. The van der Waals surface area contributed by atoms with Crippen LogP contribution in [0.5, 0.6) is 0 Å². The van der Waals surface area contributed by atoms with Crippen LogP contribution in [0.3, 0.4) is 0 Å². The Morgan fingerprint density at radius 1 is 0.867 bits per heavy atom. The van der Waals surface area contributed by atoms with Crippen molar-refractivity contribution in [1.29, 1.82) is 0 Å². The molecule has 0 radical (unpaired) electrons. The first-order valence-corrected chi connectivity index (χ1v) is 10.6. The van der Waals surface area contributed by atoms with Gasteiger partial charge >= 0.3 is 0 Å². The maximum atomic E-state index is 12.7. The van der Waals surface area contributed by atoms with Gasteiger partial charge < -0.3 is 9.80 Å². The van der Waals surface area contributed by atoms with E-state index in [0.29, 0.717) is 24.2 Å². The maximum absolute atomic E-state index is 12.7. The first kappa shape index (κ1) is 21.8. The molecule has 5 nitrogen and oxygen atoms in total. The molecule has 2 aromatic carbocycles. The summed E-state index contributed by atoms with van der Waals surface area (Å²) in [6.07, 6.45) is 3.72. The van der Waals surface area contributed by atoms with E-state index in [2.05, 4.69) is 6.07 Å². The Balaban J connectivity index is 1.55. The number of ketones is 1. The zero-order chi connectivity index (χ0) is 21.7. The number of Topliss-reactive ketones (excluding diaryl/α,β-unsaturated/α-hetero) is 1. The Morgan fingerprint density at radius 3 is 2.20 bits per heavy atom. The summed E-state index contributed by atoms with van der Waals surface area (Å²) in [4.78, 5) is 40.5. The lowest BCUT2D eigenvalue weighted by atomic mass is 10.0. The first-order chi connectivity index (χ1) is 14.4. The van der Waals surface area contributed by atoms with E-state index >= 15 is 0 Å². The van der Waals surface area contributed by atoms with Crippen molar-refractivity contribution in [3.05, 3.63) is 70.3 Å². The number of fused-ring (bicyclic) bond motifs is 1. The van der Waals surface area contributed by atoms with Crippen molar-refractivity contribution in [3.8, 4) is 0 Å². The summed E-state index contributed by atoms with van der Waals surface area (Å²) in [7, 11) is 3.44. The predicted octanol–water partition coefficient (Wildman–Crippen LogP) is 3.89. The fourth-order valence-electron chi connectivity index (χ4n) is 3.88.